The molecule has 2 heterocycles. The molecule has 44 heavy (non-hydrogen) atoms. The third kappa shape index (κ3) is 9.92. The van der Waals surface area contributed by atoms with Crippen LogP contribution in [0.3, 0.4) is 0 Å². The Labute approximate surface area is 262 Å². The number of hydrogen-bond donors (Lipinski definition) is 2. The number of ether oxygens (including phenoxy) is 1. The lowest BCUT2D eigenvalue weighted by atomic mass is 10.1. The Morgan fingerprint density at radius 3 is 2.02 bits per heavy atom. The molecule has 0 aliphatic rings. The van der Waals surface area contributed by atoms with Crippen molar-refractivity contribution < 1.29 is 29.2 Å². The number of carbonyl (C=O) groups is 3. The van der Waals surface area contributed by atoms with Gasteiger partial charge in [-0.15, -0.1) is 22.7 Å². The van der Waals surface area contributed by atoms with Crippen LogP contribution in [0.2, 0.25) is 0 Å². The van der Waals surface area contributed by atoms with E-state index in [4.69, 9.17) is 4.74 Å². The first kappa shape index (κ1) is 32.2. The minimum absolute atomic E-state index is 0.0892. The summed E-state index contributed by atoms with van der Waals surface area (Å²) in [6.07, 6.45) is -0.737. The SMILES string of the molecule is O=C(N[C@@H](CCCCN(Cc1ccccc1)C(=O)O)C(=O)N(Cc1cccs1)Cc1cccs1)Oc1ccc([N+](=O)[O-])cc1. The summed E-state index contributed by atoms with van der Waals surface area (Å²) in [5.41, 5.74) is 0.725. The number of nitrogens with zero attached hydrogens (tertiary/aromatic N) is 3. The van der Waals surface area contributed by atoms with Gasteiger partial charge in [-0.25, -0.2) is 9.59 Å². The van der Waals surface area contributed by atoms with Crippen molar-refractivity contribution in [2.24, 2.45) is 0 Å². The van der Waals surface area contributed by atoms with Crippen LogP contribution in [0.15, 0.2) is 89.6 Å². The predicted octanol–water partition coefficient (Wildman–Crippen LogP) is 6.75. The summed E-state index contributed by atoms with van der Waals surface area (Å²) in [5.74, 6) is -0.210. The number of unbranched alkanes of at least 4 members (excludes halogenated alkanes) is 1. The molecule has 3 amide bonds. The second-order valence-electron chi connectivity index (χ2n) is 9.88. The van der Waals surface area contributed by atoms with Crippen molar-refractivity contribution in [3.05, 3.63) is 115 Å². The lowest BCUT2D eigenvalue weighted by molar-refractivity contribution is -0.384. The quantitative estimate of drug-likeness (QED) is 0.0834. The maximum absolute atomic E-state index is 14.0. The van der Waals surface area contributed by atoms with Gasteiger partial charge in [0.15, 0.2) is 0 Å². The molecule has 0 saturated carbocycles. The molecule has 0 fully saturated rings. The monoisotopic (exact) mass is 636 g/mol. The Morgan fingerprint density at radius 1 is 0.841 bits per heavy atom. The maximum Gasteiger partial charge on any atom is 0.413 e. The standard InChI is InChI=1S/C31H32N4O7S2/c36-29(34(21-26-10-6-18-43-26)22-27-11-7-19-44-27)28(32-30(37)42-25-15-13-24(14-16-25)35(40)41)12-4-5-17-33(31(38)39)20-23-8-2-1-3-9-23/h1-3,6-11,13-16,18-19,28H,4-5,12,17,20-22H2,(H,32,37)(H,38,39)/t28-/m0/s1. The number of nitrogens with one attached hydrogen (secondary N) is 1. The molecule has 2 N–H and O–H groups in total. The van der Waals surface area contributed by atoms with Crippen LogP contribution in [-0.2, 0) is 24.4 Å². The van der Waals surface area contributed by atoms with Gasteiger partial charge in [0.05, 0.1) is 18.0 Å². The number of benzene rings is 2. The van der Waals surface area contributed by atoms with Crippen molar-refractivity contribution in [3.8, 4) is 5.75 Å². The van der Waals surface area contributed by atoms with Crippen LogP contribution < -0.4 is 10.1 Å². The van der Waals surface area contributed by atoms with Crippen LogP contribution >= 0.6 is 22.7 Å². The molecule has 0 unspecified atom stereocenters. The minimum Gasteiger partial charge on any atom is -0.465 e. The largest absolute Gasteiger partial charge is 0.465 e. The van der Waals surface area contributed by atoms with Crippen molar-refractivity contribution >= 4 is 46.5 Å². The van der Waals surface area contributed by atoms with E-state index in [0.717, 1.165) is 15.3 Å². The van der Waals surface area contributed by atoms with Crippen molar-refractivity contribution in [3.63, 3.8) is 0 Å². The zero-order valence-electron chi connectivity index (χ0n) is 23.7. The van der Waals surface area contributed by atoms with Gasteiger partial charge in [-0.2, -0.15) is 0 Å². The van der Waals surface area contributed by atoms with Crippen LogP contribution in [0.5, 0.6) is 5.75 Å². The number of carbonyl (C=O) groups excluding carboxylic acids is 2. The summed E-state index contributed by atoms with van der Waals surface area (Å²) in [6, 6.07) is 21.1. The molecular formula is C31H32N4O7S2. The molecule has 0 radical (unpaired) electrons. The highest BCUT2D eigenvalue weighted by Gasteiger charge is 2.28. The van der Waals surface area contributed by atoms with Crippen molar-refractivity contribution in [1.29, 1.82) is 0 Å². The lowest BCUT2D eigenvalue weighted by Gasteiger charge is -2.27. The molecule has 4 rings (SSSR count). The van der Waals surface area contributed by atoms with Crippen LogP contribution in [-0.4, -0.2) is 50.5 Å². The smallest absolute Gasteiger partial charge is 0.413 e. The highest BCUT2D eigenvalue weighted by molar-refractivity contribution is 7.10. The fourth-order valence-electron chi connectivity index (χ4n) is 4.48. The van der Waals surface area contributed by atoms with E-state index in [9.17, 15) is 29.6 Å². The molecule has 2 aromatic carbocycles. The lowest BCUT2D eigenvalue weighted by Crippen LogP contribution is -2.48. The summed E-state index contributed by atoms with van der Waals surface area (Å²) >= 11 is 3.06. The van der Waals surface area contributed by atoms with E-state index in [1.165, 1.54) is 51.8 Å². The number of carboxylic acid groups (broad SMARTS) is 1. The van der Waals surface area contributed by atoms with E-state index < -0.39 is 23.2 Å². The molecular weight excluding hydrogens is 604 g/mol. The van der Waals surface area contributed by atoms with Gasteiger partial charge >= 0.3 is 12.2 Å². The normalized spacial score (nSPS) is 11.4. The van der Waals surface area contributed by atoms with Crippen LogP contribution in [0, 0.1) is 10.1 Å². The summed E-state index contributed by atoms with van der Waals surface area (Å²) in [4.78, 5) is 54.1. The van der Waals surface area contributed by atoms with Crippen LogP contribution in [0.1, 0.15) is 34.6 Å². The van der Waals surface area contributed by atoms with Crippen molar-refractivity contribution in [2.75, 3.05) is 6.54 Å². The van der Waals surface area contributed by atoms with Gasteiger partial charge < -0.3 is 25.0 Å². The van der Waals surface area contributed by atoms with E-state index in [-0.39, 0.29) is 36.9 Å². The van der Waals surface area contributed by atoms with Gasteiger partial charge in [0.1, 0.15) is 11.8 Å². The first-order valence-electron chi connectivity index (χ1n) is 13.9. The van der Waals surface area contributed by atoms with E-state index in [1.54, 1.807) is 4.90 Å². The van der Waals surface area contributed by atoms with Gasteiger partial charge in [0, 0.05) is 35.0 Å². The number of rotatable bonds is 15. The summed E-state index contributed by atoms with van der Waals surface area (Å²) < 4.78 is 5.34. The Hall–Kier alpha value is -4.75. The van der Waals surface area contributed by atoms with E-state index in [1.807, 2.05) is 65.4 Å². The molecule has 0 aliphatic carbocycles. The molecule has 0 bridgehead atoms. The van der Waals surface area contributed by atoms with Gasteiger partial charge in [-0.1, -0.05) is 42.5 Å². The average molecular weight is 637 g/mol. The van der Waals surface area contributed by atoms with Crippen molar-refractivity contribution in [1.82, 2.24) is 15.1 Å². The third-order valence-corrected chi connectivity index (χ3v) is 8.39. The molecule has 2 aromatic heterocycles. The number of hydrogen-bond acceptors (Lipinski definition) is 8. The van der Waals surface area contributed by atoms with Gasteiger partial charge in [-0.3, -0.25) is 14.9 Å². The number of nitro benzene ring substituents is 1. The van der Waals surface area contributed by atoms with E-state index in [2.05, 4.69) is 5.32 Å². The summed E-state index contributed by atoms with van der Waals surface area (Å²) in [6.45, 7) is 1.21. The molecule has 0 aliphatic heterocycles. The first-order chi connectivity index (χ1) is 21.3. The maximum atomic E-state index is 14.0. The Balaban J connectivity index is 1.45. The average Bonchev–Trinajstić information content (AvgIpc) is 3.73. The highest BCUT2D eigenvalue weighted by atomic mass is 32.1. The Kier molecular flexibility index (Phi) is 11.8. The van der Waals surface area contributed by atoms with Gasteiger partial charge in [0.2, 0.25) is 5.91 Å². The Morgan fingerprint density at radius 2 is 1.48 bits per heavy atom. The zero-order valence-corrected chi connectivity index (χ0v) is 25.4. The summed E-state index contributed by atoms with van der Waals surface area (Å²) in [7, 11) is 0. The zero-order chi connectivity index (χ0) is 31.3. The second kappa shape index (κ2) is 16.2. The van der Waals surface area contributed by atoms with Crippen molar-refractivity contribution in [2.45, 2.75) is 44.9 Å². The fraction of sp³-hybridized carbons (Fsp3) is 0.258. The summed E-state index contributed by atoms with van der Waals surface area (Å²) in [5, 5.41) is 27.2. The number of thiophene rings is 2. The topological polar surface area (TPSA) is 142 Å². The molecule has 13 heteroatoms. The Bertz CT molecular complexity index is 1460. The second-order valence-corrected chi connectivity index (χ2v) is 11.9. The molecule has 0 saturated heterocycles. The molecule has 11 nitrogen and oxygen atoms in total. The molecule has 0 spiro atoms. The number of nitro groups is 1. The first-order valence-corrected chi connectivity index (χ1v) is 15.6. The predicted molar refractivity (Wildman–Crippen MR) is 168 cm³/mol. The van der Waals surface area contributed by atoms with E-state index in [0.29, 0.717) is 25.9 Å². The molecule has 230 valence electrons. The third-order valence-electron chi connectivity index (χ3n) is 6.67. The van der Waals surface area contributed by atoms with Crippen LogP contribution in [0.4, 0.5) is 15.3 Å². The molecule has 4 aromatic rings. The van der Waals surface area contributed by atoms with Crippen LogP contribution in [0.25, 0.3) is 0 Å². The molecule has 1 atom stereocenters. The van der Waals surface area contributed by atoms with Gasteiger partial charge in [-0.05, 0) is 59.9 Å². The number of non-ortho nitro benzene ring substituents is 1. The van der Waals surface area contributed by atoms with E-state index >= 15 is 0 Å². The van der Waals surface area contributed by atoms with Gasteiger partial charge in [0.25, 0.3) is 5.69 Å². The minimum atomic E-state index is -1.04. The highest BCUT2D eigenvalue weighted by Crippen LogP contribution is 2.21. The fourth-order valence-corrected chi connectivity index (χ4v) is 5.92. The number of amides is 3.